The van der Waals surface area contributed by atoms with E-state index < -0.39 is 86.0 Å². The minimum absolute atomic E-state index is 0.00290. The molecule has 1 aromatic carbocycles. The first-order valence-electron chi connectivity index (χ1n) is 15.0. The Morgan fingerprint density at radius 2 is 1.78 bits per heavy atom. The average Bonchev–Trinajstić information content (AvgIpc) is 3.23. The SMILES string of the molecule is CC(C)OC(=O)[C@H](C)NP(=O)(NC(C)(C(=O)O)C(C)C)Oc1ccc(COC(=O)Nc2ccn([C@@H]3O[C@H](CO)[C@@H](O)C3(F)F)c(=O)n2)cc1. The monoisotopic (exact) mass is 719 g/mol. The fraction of sp³-hybridized carbons (Fsp3) is 0.552. The highest BCUT2D eigenvalue weighted by Gasteiger charge is 2.59. The number of aliphatic carboxylic acids is 1. The number of amides is 1. The van der Waals surface area contributed by atoms with Gasteiger partial charge < -0.3 is 34.1 Å². The predicted octanol–water partition coefficient (Wildman–Crippen LogP) is 2.38. The molecular weight excluding hydrogens is 679 g/mol. The first-order valence-corrected chi connectivity index (χ1v) is 16.6. The fourth-order valence-electron chi connectivity index (χ4n) is 4.32. The van der Waals surface area contributed by atoms with E-state index in [9.17, 15) is 42.7 Å². The number of hydrogen-bond acceptors (Lipinski definition) is 12. The summed E-state index contributed by atoms with van der Waals surface area (Å²) in [6.45, 7) is 7.93. The number of benzene rings is 1. The summed E-state index contributed by atoms with van der Waals surface area (Å²) in [6.07, 6.45) is -6.89. The van der Waals surface area contributed by atoms with Gasteiger partial charge in [0, 0.05) is 6.20 Å². The molecule has 6 N–H and O–H groups in total. The average molecular weight is 720 g/mol. The molecule has 272 valence electrons. The second kappa shape index (κ2) is 15.7. The van der Waals surface area contributed by atoms with E-state index in [2.05, 4.69) is 20.5 Å². The van der Waals surface area contributed by atoms with Crippen LogP contribution in [0.25, 0.3) is 0 Å². The highest BCUT2D eigenvalue weighted by atomic mass is 31.2. The third-order valence-electron chi connectivity index (χ3n) is 7.45. The molecule has 1 aromatic heterocycles. The summed E-state index contributed by atoms with van der Waals surface area (Å²) in [7, 11) is -4.32. The number of alkyl halides is 2. The summed E-state index contributed by atoms with van der Waals surface area (Å²) in [5.74, 6) is -6.88. The highest BCUT2D eigenvalue weighted by molar-refractivity contribution is 7.55. The van der Waals surface area contributed by atoms with E-state index in [-0.39, 0.29) is 18.2 Å². The van der Waals surface area contributed by atoms with Crippen LogP contribution < -0.4 is 25.7 Å². The van der Waals surface area contributed by atoms with Crippen LogP contribution in [0.3, 0.4) is 0 Å². The summed E-state index contributed by atoms with van der Waals surface area (Å²) >= 11 is 0. The van der Waals surface area contributed by atoms with Crippen molar-refractivity contribution >= 4 is 31.5 Å². The molecular formula is C29H40F2N5O12P. The van der Waals surface area contributed by atoms with Gasteiger partial charge >= 0.3 is 37.3 Å². The zero-order valence-electron chi connectivity index (χ0n) is 27.5. The van der Waals surface area contributed by atoms with E-state index in [1.165, 1.54) is 38.1 Å². The molecule has 2 heterocycles. The van der Waals surface area contributed by atoms with Crippen LogP contribution in [0.1, 0.15) is 53.3 Å². The molecule has 0 aliphatic carbocycles. The number of hydrogen-bond donors (Lipinski definition) is 6. The molecule has 3 rings (SSSR count). The Hall–Kier alpha value is -4.00. The van der Waals surface area contributed by atoms with Gasteiger partial charge in [0.05, 0.1) is 12.7 Å². The van der Waals surface area contributed by atoms with Gasteiger partial charge in [-0.05, 0) is 57.4 Å². The van der Waals surface area contributed by atoms with E-state index in [0.29, 0.717) is 10.1 Å². The quantitative estimate of drug-likeness (QED) is 0.114. The second-order valence-electron chi connectivity index (χ2n) is 11.9. The largest absolute Gasteiger partial charge is 0.480 e. The number of carboxylic acid groups (broad SMARTS) is 1. The van der Waals surface area contributed by atoms with Gasteiger partial charge in [-0.3, -0.25) is 19.5 Å². The lowest BCUT2D eigenvalue weighted by molar-refractivity contribution is -0.149. The topological polar surface area (TPSA) is 237 Å². The second-order valence-corrected chi connectivity index (χ2v) is 13.7. The fourth-order valence-corrected chi connectivity index (χ4v) is 6.48. The molecule has 1 amide bonds. The van der Waals surface area contributed by atoms with Crippen molar-refractivity contribution in [2.75, 3.05) is 11.9 Å². The summed E-state index contributed by atoms with van der Waals surface area (Å²) < 4.78 is 64.0. The van der Waals surface area contributed by atoms with E-state index in [4.69, 9.17) is 23.8 Å². The number of nitrogens with zero attached hydrogens (tertiary/aromatic N) is 2. The molecule has 6 atom stereocenters. The van der Waals surface area contributed by atoms with Crippen molar-refractivity contribution in [3.63, 3.8) is 0 Å². The van der Waals surface area contributed by atoms with Gasteiger partial charge in [-0.1, -0.05) is 26.0 Å². The van der Waals surface area contributed by atoms with Crippen molar-refractivity contribution in [2.45, 2.75) is 90.2 Å². The summed E-state index contributed by atoms with van der Waals surface area (Å²) in [6, 6.07) is 5.46. The zero-order chi connectivity index (χ0) is 36.9. The summed E-state index contributed by atoms with van der Waals surface area (Å²) in [4.78, 5) is 52.8. The molecule has 0 saturated carbocycles. The number of aromatic nitrogens is 2. The maximum Gasteiger partial charge on any atom is 0.413 e. The molecule has 1 aliphatic rings. The zero-order valence-corrected chi connectivity index (χ0v) is 28.4. The number of esters is 1. The third-order valence-corrected chi connectivity index (χ3v) is 9.40. The van der Waals surface area contributed by atoms with Gasteiger partial charge in [-0.15, -0.1) is 0 Å². The lowest BCUT2D eigenvalue weighted by Crippen LogP contribution is -2.55. The number of aliphatic hydroxyl groups excluding tert-OH is 2. The van der Waals surface area contributed by atoms with Crippen LogP contribution in [-0.2, 0) is 35.0 Å². The number of carboxylic acids is 1. The summed E-state index contributed by atoms with van der Waals surface area (Å²) in [5.41, 5.74) is -2.58. The Bertz CT molecular complexity index is 1610. The van der Waals surface area contributed by atoms with Crippen molar-refractivity contribution in [1.82, 2.24) is 19.7 Å². The van der Waals surface area contributed by atoms with Crippen molar-refractivity contribution < 1.29 is 61.8 Å². The Labute approximate surface area is 279 Å². The van der Waals surface area contributed by atoms with Gasteiger partial charge in [0.25, 0.3) is 0 Å². The lowest BCUT2D eigenvalue weighted by Gasteiger charge is -2.35. The van der Waals surface area contributed by atoms with Crippen LogP contribution >= 0.6 is 7.67 Å². The molecule has 49 heavy (non-hydrogen) atoms. The van der Waals surface area contributed by atoms with E-state index in [1.54, 1.807) is 27.7 Å². The standard InChI is InChI=1S/C29H40F2N5O12P/c1-15(2)28(6,25(40)41)35-49(44,34-17(5)23(39)46-16(3)4)48-19-9-7-18(8-10-19)14-45-27(43)33-21-11-12-36(26(42)32-21)24-29(30,31)22(38)20(13-37)47-24/h7-12,15-17,20,22,24,37-38H,13-14H2,1-6H3,(H,40,41)(H2,34,35,44)(H,32,33,42,43)/t17-,20+,22+,24+,28?,49?/m0/s1. The van der Waals surface area contributed by atoms with Crippen LogP contribution in [0.5, 0.6) is 5.75 Å². The molecule has 2 unspecified atom stereocenters. The number of nitrogens with one attached hydrogen (secondary N) is 3. The van der Waals surface area contributed by atoms with E-state index in [0.717, 1.165) is 12.3 Å². The van der Waals surface area contributed by atoms with Gasteiger partial charge in [0.1, 0.15) is 35.9 Å². The van der Waals surface area contributed by atoms with Crippen LogP contribution in [-0.4, -0.2) is 85.3 Å². The molecule has 0 radical (unpaired) electrons. The summed E-state index contributed by atoms with van der Waals surface area (Å²) in [5, 5.41) is 35.9. The van der Waals surface area contributed by atoms with Crippen molar-refractivity contribution in [3.8, 4) is 5.75 Å². The Morgan fingerprint density at radius 1 is 1.14 bits per heavy atom. The molecule has 0 spiro atoms. The first kappa shape index (κ1) is 39.4. The molecule has 0 bridgehead atoms. The predicted molar refractivity (Wildman–Crippen MR) is 167 cm³/mol. The van der Waals surface area contributed by atoms with Crippen molar-refractivity contribution in [3.05, 3.63) is 52.6 Å². The number of anilines is 1. The Balaban J connectivity index is 1.67. The van der Waals surface area contributed by atoms with Gasteiger partial charge in [-0.25, -0.2) is 24.3 Å². The van der Waals surface area contributed by atoms with Crippen LogP contribution in [0.4, 0.5) is 19.4 Å². The number of aliphatic hydroxyl groups is 2. The molecule has 2 aromatic rings. The molecule has 20 heteroatoms. The van der Waals surface area contributed by atoms with Crippen molar-refractivity contribution in [1.29, 1.82) is 0 Å². The van der Waals surface area contributed by atoms with Crippen LogP contribution in [0.2, 0.25) is 0 Å². The number of carbonyl (C=O) groups excluding carboxylic acids is 2. The highest BCUT2D eigenvalue weighted by Crippen LogP contribution is 2.44. The maximum absolute atomic E-state index is 14.4. The minimum Gasteiger partial charge on any atom is -0.480 e. The van der Waals surface area contributed by atoms with E-state index in [1.807, 2.05) is 0 Å². The van der Waals surface area contributed by atoms with Gasteiger partial charge in [0.2, 0.25) is 6.23 Å². The number of halogens is 2. The molecule has 1 saturated heterocycles. The van der Waals surface area contributed by atoms with E-state index >= 15 is 0 Å². The third kappa shape index (κ3) is 9.58. The van der Waals surface area contributed by atoms with Crippen LogP contribution in [0, 0.1) is 5.92 Å². The Morgan fingerprint density at radius 3 is 2.29 bits per heavy atom. The van der Waals surface area contributed by atoms with Crippen LogP contribution in [0.15, 0.2) is 41.3 Å². The van der Waals surface area contributed by atoms with Gasteiger partial charge in [-0.2, -0.15) is 13.8 Å². The molecule has 1 fully saturated rings. The lowest BCUT2D eigenvalue weighted by atomic mass is 9.90. The minimum atomic E-state index is -4.32. The smallest absolute Gasteiger partial charge is 0.413 e. The molecule has 17 nitrogen and oxygen atoms in total. The van der Waals surface area contributed by atoms with Gasteiger partial charge in [0.15, 0.2) is 6.10 Å². The number of ether oxygens (including phenoxy) is 3. The van der Waals surface area contributed by atoms with Crippen molar-refractivity contribution in [2.24, 2.45) is 5.92 Å². The normalized spacial score (nSPS) is 21.8. The first-order chi connectivity index (χ1) is 22.7. The number of rotatable bonds is 15. The number of carbonyl (C=O) groups is 3. The Kier molecular flexibility index (Phi) is 12.6. The maximum atomic E-state index is 14.4. The molecule has 1 aliphatic heterocycles.